The highest BCUT2D eigenvalue weighted by atomic mass is 16.3. The largest absolute Gasteiger partial charge is 0.456 e. The van der Waals surface area contributed by atoms with Crippen LogP contribution < -0.4 is 5.43 Å². The molecule has 1 aromatic heterocycles. The van der Waals surface area contributed by atoms with Gasteiger partial charge in [-0.05, 0) is 47.2 Å². The summed E-state index contributed by atoms with van der Waals surface area (Å²) in [4.78, 5) is 12.8. The lowest BCUT2D eigenvalue weighted by Gasteiger charge is -2.09. The number of benzene rings is 2. The Morgan fingerprint density at radius 2 is 1.19 bits per heavy atom. The third-order valence-corrected chi connectivity index (χ3v) is 4.05. The van der Waals surface area contributed by atoms with Crippen LogP contribution in [0, 0.1) is 0 Å². The van der Waals surface area contributed by atoms with Crippen LogP contribution in [0.5, 0.6) is 0 Å². The first kappa shape index (κ1) is 13.9. The fraction of sp³-hybridized carbons (Fsp3) is 0.316. The minimum atomic E-state index is 0.0660. The maximum Gasteiger partial charge on any atom is 0.200 e. The van der Waals surface area contributed by atoms with Crippen molar-refractivity contribution in [3.8, 4) is 0 Å². The fourth-order valence-corrected chi connectivity index (χ4v) is 2.61. The van der Waals surface area contributed by atoms with Gasteiger partial charge in [-0.15, -0.1) is 0 Å². The van der Waals surface area contributed by atoms with Gasteiger partial charge in [0.05, 0.1) is 10.8 Å². The molecule has 0 aliphatic rings. The van der Waals surface area contributed by atoms with Crippen molar-refractivity contribution in [2.24, 2.45) is 0 Å². The molecule has 0 spiro atoms. The number of fused-ring (bicyclic) bond motifs is 2. The maximum absolute atomic E-state index is 12.8. The van der Waals surface area contributed by atoms with Gasteiger partial charge >= 0.3 is 0 Å². The molecule has 0 amide bonds. The van der Waals surface area contributed by atoms with E-state index in [0.717, 1.165) is 11.1 Å². The highest BCUT2D eigenvalue weighted by molar-refractivity contribution is 5.90. The van der Waals surface area contributed by atoms with Crippen molar-refractivity contribution < 1.29 is 4.42 Å². The number of hydrogen-bond acceptors (Lipinski definition) is 2. The van der Waals surface area contributed by atoms with E-state index >= 15 is 0 Å². The van der Waals surface area contributed by atoms with Crippen molar-refractivity contribution in [1.82, 2.24) is 0 Å². The summed E-state index contributed by atoms with van der Waals surface area (Å²) in [5.74, 6) is 0.790. The molecule has 2 aromatic carbocycles. The standard InChI is InChI=1S/C19H20O2/c1-11(2)13-5-7-17-15(9-13)19(20)16-10-14(12(3)4)6-8-18(16)21-17/h5-12H,1-4H3. The quantitative estimate of drug-likeness (QED) is 0.604. The summed E-state index contributed by atoms with van der Waals surface area (Å²) in [7, 11) is 0. The van der Waals surface area contributed by atoms with E-state index in [1.54, 1.807) is 0 Å². The van der Waals surface area contributed by atoms with Crippen LogP contribution in [0.25, 0.3) is 21.9 Å². The molecule has 0 aliphatic carbocycles. The maximum atomic E-state index is 12.8. The lowest BCUT2D eigenvalue weighted by molar-refractivity contribution is 0.659. The van der Waals surface area contributed by atoms with Crippen LogP contribution in [0.1, 0.15) is 50.7 Å². The molecular formula is C19H20O2. The summed E-state index contributed by atoms with van der Waals surface area (Å²) in [5.41, 5.74) is 3.71. The molecule has 108 valence electrons. The average molecular weight is 280 g/mol. The zero-order valence-corrected chi connectivity index (χ0v) is 12.9. The zero-order valence-electron chi connectivity index (χ0n) is 12.9. The van der Waals surface area contributed by atoms with Gasteiger partial charge in [-0.2, -0.15) is 0 Å². The first-order valence-corrected chi connectivity index (χ1v) is 7.48. The van der Waals surface area contributed by atoms with Gasteiger partial charge in [0.25, 0.3) is 0 Å². The summed E-state index contributed by atoms with van der Waals surface area (Å²) in [6.07, 6.45) is 0. The van der Waals surface area contributed by atoms with Crippen LogP contribution in [0.2, 0.25) is 0 Å². The molecule has 3 rings (SSSR count). The van der Waals surface area contributed by atoms with E-state index in [2.05, 4.69) is 27.7 Å². The summed E-state index contributed by atoms with van der Waals surface area (Å²) in [6, 6.07) is 11.8. The molecule has 0 atom stereocenters. The Hall–Kier alpha value is -2.09. The lowest BCUT2D eigenvalue weighted by Crippen LogP contribution is -2.04. The number of rotatable bonds is 2. The molecule has 0 saturated heterocycles. The minimum absolute atomic E-state index is 0.0660. The fourth-order valence-electron chi connectivity index (χ4n) is 2.61. The van der Waals surface area contributed by atoms with Crippen molar-refractivity contribution in [2.75, 3.05) is 0 Å². The van der Waals surface area contributed by atoms with E-state index in [1.807, 2.05) is 36.4 Å². The Morgan fingerprint density at radius 1 is 0.762 bits per heavy atom. The lowest BCUT2D eigenvalue weighted by atomic mass is 9.99. The third kappa shape index (κ3) is 2.35. The van der Waals surface area contributed by atoms with Crippen LogP contribution >= 0.6 is 0 Å². The van der Waals surface area contributed by atoms with Gasteiger partial charge in [-0.3, -0.25) is 4.79 Å². The first-order chi connectivity index (χ1) is 9.97. The second kappa shape index (κ2) is 5.03. The molecule has 0 saturated carbocycles. The second-order valence-corrected chi connectivity index (χ2v) is 6.25. The molecule has 2 heteroatoms. The summed E-state index contributed by atoms with van der Waals surface area (Å²) in [5, 5.41) is 1.35. The Morgan fingerprint density at radius 3 is 1.57 bits per heavy atom. The number of hydrogen-bond donors (Lipinski definition) is 0. The van der Waals surface area contributed by atoms with Crippen LogP contribution in [0.4, 0.5) is 0 Å². The third-order valence-electron chi connectivity index (χ3n) is 4.05. The van der Waals surface area contributed by atoms with E-state index < -0.39 is 0 Å². The molecule has 21 heavy (non-hydrogen) atoms. The van der Waals surface area contributed by atoms with Crippen LogP contribution in [0.3, 0.4) is 0 Å². The smallest absolute Gasteiger partial charge is 0.200 e. The Labute approximate surface area is 124 Å². The Bertz CT molecular complexity index is 801. The molecule has 3 aromatic rings. The normalized spacial score (nSPS) is 11.9. The van der Waals surface area contributed by atoms with Gasteiger partial charge in [0, 0.05) is 0 Å². The predicted molar refractivity (Wildman–Crippen MR) is 88.2 cm³/mol. The summed E-state index contributed by atoms with van der Waals surface area (Å²) in [6.45, 7) is 8.50. The Kier molecular flexibility index (Phi) is 3.32. The topological polar surface area (TPSA) is 30.2 Å². The van der Waals surface area contributed by atoms with Gasteiger partial charge < -0.3 is 4.42 Å². The molecule has 0 fully saturated rings. The second-order valence-electron chi connectivity index (χ2n) is 6.25. The van der Waals surface area contributed by atoms with E-state index in [0.29, 0.717) is 33.8 Å². The first-order valence-electron chi connectivity index (χ1n) is 7.48. The van der Waals surface area contributed by atoms with Gasteiger partial charge in [0.1, 0.15) is 11.2 Å². The SMILES string of the molecule is CC(C)c1ccc2oc3ccc(C(C)C)cc3c(=O)c2c1. The van der Waals surface area contributed by atoms with E-state index in [1.165, 1.54) is 0 Å². The molecule has 2 nitrogen and oxygen atoms in total. The molecule has 0 aliphatic heterocycles. The molecule has 0 unspecified atom stereocenters. The molecule has 1 heterocycles. The van der Waals surface area contributed by atoms with Crippen molar-refractivity contribution in [2.45, 2.75) is 39.5 Å². The van der Waals surface area contributed by atoms with Crippen LogP contribution in [-0.2, 0) is 0 Å². The molecular weight excluding hydrogens is 260 g/mol. The van der Waals surface area contributed by atoms with Gasteiger partial charge in [-0.25, -0.2) is 0 Å². The highest BCUT2D eigenvalue weighted by Gasteiger charge is 2.11. The summed E-state index contributed by atoms with van der Waals surface area (Å²) >= 11 is 0. The Balaban J connectivity index is 2.37. The van der Waals surface area contributed by atoms with Crippen LogP contribution in [-0.4, -0.2) is 0 Å². The van der Waals surface area contributed by atoms with Crippen molar-refractivity contribution in [3.63, 3.8) is 0 Å². The highest BCUT2D eigenvalue weighted by Crippen LogP contribution is 2.25. The molecule has 0 N–H and O–H groups in total. The monoisotopic (exact) mass is 280 g/mol. The van der Waals surface area contributed by atoms with Crippen molar-refractivity contribution in [3.05, 3.63) is 57.7 Å². The van der Waals surface area contributed by atoms with Gasteiger partial charge in [0.15, 0.2) is 0 Å². The summed E-state index contributed by atoms with van der Waals surface area (Å²) < 4.78 is 5.90. The van der Waals surface area contributed by atoms with Crippen LogP contribution in [0.15, 0.2) is 45.6 Å². The predicted octanol–water partition coefficient (Wildman–Crippen LogP) is 5.19. The molecule has 0 bridgehead atoms. The van der Waals surface area contributed by atoms with Gasteiger partial charge in [-0.1, -0.05) is 39.8 Å². The van der Waals surface area contributed by atoms with E-state index in [4.69, 9.17) is 4.42 Å². The minimum Gasteiger partial charge on any atom is -0.456 e. The van der Waals surface area contributed by atoms with Crippen molar-refractivity contribution >= 4 is 21.9 Å². The van der Waals surface area contributed by atoms with Gasteiger partial charge in [0.2, 0.25) is 5.43 Å². The van der Waals surface area contributed by atoms with Crippen molar-refractivity contribution in [1.29, 1.82) is 0 Å². The zero-order chi connectivity index (χ0) is 15.1. The van der Waals surface area contributed by atoms with E-state index in [-0.39, 0.29) is 5.43 Å². The average Bonchev–Trinajstić information content (AvgIpc) is 2.46. The van der Waals surface area contributed by atoms with E-state index in [9.17, 15) is 4.79 Å². The molecule has 0 radical (unpaired) electrons.